The summed E-state index contributed by atoms with van der Waals surface area (Å²) in [5, 5.41) is 6.67. The van der Waals surface area contributed by atoms with Gasteiger partial charge < -0.3 is 10.6 Å². The Bertz CT molecular complexity index is 830. The smallest absolute Gasteiger partial charge is 0.229 e. The van der Waals surface area contributed by atoms with Crippen molar-refractivity contribution in [3.05, 3.63) is 71.7 Å². The lowest BCUT2D eigenvalue weighted by Gasteiger charge is -2.16. The van der Waals surface area contributed by atoms with Crippen LogP contribution in [0.15, 0.2) is 54.9 Å². The zero-order valence-electron chi connectivity index (χ0n) is 14.8. The molecule has 3 rings (SSSR count). The molecule has 0 unspecified atom stereocenters. The molecule has 1 aromatic carbocycles. The van der Waals surface area contributed by atoms with Gasteiger partial charge in [-0.15, -0.1) is 0 Å². The molecule has 5 heteroatoms. The van der Waals surface area contributed by atoms with Crippen LogP contribution in [0.25, 0.3) is 0 Å². The molecular weight excluding hydrogens is 310 g/mol. The summed E-state index contributed by atoms with van der Waals surface area (Å²) in [6.45, 7) is 7.09. The predicted octanol–water partition coefficient (Wildman–Crippen LogP) is 4.66. The summed E-state index contributed by atoms with van der Waals surface area (Å²) in [7, 11) is 0. The summed E-state index contributed by atoms with van der Waals surface area (Å²) in [6.07, 6.45) is 3.54. The Balaban J connectivity index is 1.76. The van der Waals surface area contributed by atoms with Crippen molar-refractivity contribution in [2.24, 2.45) is 0 Å². The van der Waals surface area contributed by atoms with Gasteiger partial charge in [-0.05, 0) is 42.2 Å². The third-order valence-electron chi connectivity index (χ3n) is 4.00. The van der Waals surface area contributed by atoms with Crippen molar-refractivity contribution in [2.45, 2.75) is 33.2 Å². The molecule has 128 valence electrons. The third-order valence-corrected chi connectivity index (χ3v) is 4.00. The van der Waals surface area contributed by atoms with Crippen molar-refractivity contribution in [1.82, 2.24) is 15.0 Å². The molecule has 0 amide bonds. The fraction of sp³-hybridized carbons (Fsp3) is 0.250. The van der Waals surface area contributed by atoms with E-state index in [9.17, 15) is 0 Å². The van der Waals surface area contributed by atoms with Gasteiger partial charge in [0.1, 0.15) is 5.82 Å². The highest BCUT2D eigenvalue weighted by molar-refractivity contribution is 5.64. The van der Waals surface area contributed by atoms with Gasteiger partial charge in [0.15, 0.2) is 0 Å². The van der Waals surface area contributed by atoms with Crippen LogP contribution in [-0.4, -0.2) is 15.0 Å². The van der Waals surface area contributed by atoms with Crippen LogP contribution >= 0.6 is 0 Å². The highest BCUT2D eigenvalue weighted by Gasteiger charge is 2.10. The van der Waals surface area contributed by atoms with Crippen LogP contribution in [-0.2, 0) is 6.54 Å². The molecule has 0 atom stereocenters. The molecule has 0 saturated heterocycles. The van der Waals surface area contributed by atoms with Crippen molar-refractivity contribution >= 4 is 17.5 Å². The molecule has 25 heavy (non-hydrogen) atoms. The largest absolute Gasteiger partial charge is 0.364 e. The summed E-state index contributed by atoms with van der Waals surface area (Å²) >= 11 is 0. The Morgan fingerprint density at radius 3 is 2.60 bits per heavy atom. The second-order valence-corrected chi connectivity index (χ2v) is 6.26. The molecule has 0 aliphatic heterocycles. The van der Waals surface area contributed by atoms with Gasteiger partial charge in [-0.25, -0.2) is 4.98 Å². The number of benzene rings is 1. The number of anilines is 3. The molecular formula is C20H23N5. The Hall–Kier alpha value is -2.95. The molecule has 5 nitrogen and oxygen atoms in total. The van der Waals surface area contributed by atoms with Gasteiger partial charge >= 0.3 is 0 Å². The summed E-state index contributed by atoms with van der Waals surface area (Å²) in [5.74, 6) is 1.78. The molecule has 0 aliphatic carbocycles. The van der Waals surface area contributed by atoms with E-state index in [0.29, 0.717) is 18.4 Å². The number of pyridine rings is 1. The number of aryl methyl sites for hydroxylation is 1. The van der Waals surface area contributed by atoms with Crippen LogP contribution in [0.4, 0.5) is 17.5 Å². The molecule has 2 N–H and O–H groups in total. The fourth-order valence-electron chi connectivity index (χ4n) is 2.66. The second kappa shape index (κ2) is 7.75. The van der Waals surface area contributed by atoms with E-state index < -0.39 is 0 Å². The highest BCUT2D eigenvalue weighted by atomic mass is 15.1. The highest BCUT2D eigenvalue weighted by Crippen LogP contribution is 2.29. The van der Waals surface area contributed by atoms with Crippen LogP contribution in [0.3, 0.4) is 0 Å². The molecule has 2 aromatic heterocycles. The monoisotopic (exact) mass is 333 g/mol. The minimum absolute atomic E-state index is 0.424. The number of rotatable bonds is 6. The molecule has 2 heterocycles. The summed E-state index contributed by atoms with van der Waals surface area (Å²) < 4.78 is 0. The number of hydrogen-bond donors (Lipinski definition) is 2. The first-order valence-electron chi connectivity index (χ1n) is 8.47. The van der Waals surface area contributed by atoms with Gasteiger partial charge in [0.2, 0.25) is 5.95 Å². The predicted molar refractivity (Wildman–Crippen MR) is 102 cm³/mol. The van der Waals surface area contributed by atoms with E-state index in [1.165, 1.54) is 11.1 Å². The third kappa shape index (κ3) is 4.32. The van der Waals surface area contributed by atoms with Crippen molar-refractivity contribution in [2.75, 3.05) is 10.6 Å². The Kier molecular flexibility index (Phi) is 5.23. The van der Waals surface area contributed by atoms with E-state index in [-0.39, 0.29) is 0 Å². The van der Waals surface area contributed by atoms with E-state index in [1.54, 1.807) is 12.4 Å². The summed E-state index contributed by atoms with van der Waals surface area (Å²) in [4.78, 5) is 13.2. The van der Waals surface area contributed by atoms with E-state index in [1.807, 2.05) is 24.3 Å². The van der Waals surface area contributed by atoms with Crippen LogP contribution in [0.2, 0.25) is 0 Å². The van der Waals surface area contributed by atoms with Crippen molar-refractivity contribution < 1.29 is 0 Å². The van der Waals surface area contributed by atoms with Gasteiger partial charge in [0.25, 0.3) is 0 Å². The van der Waals surface area contributed by atoms with Crippen LogP contribution in [0.1, 0.15) is 36.6 Å². The van der Waals surface area contributed by atoms with Gasteiger partial charge in [-0.1, -0.05) is 38.1 Å². The quantitative estimate of drug-likeness (QED) is 0.687. The molecule has 0 saturated carbocycles. The number of hydrogen-bond acceptors (Lipinski definition) is 5. The zero-order valence-corrected chi connectivity index (χ0v) is 14.8. The maximum atomic E-state index is 4.56. The number of aromatic nitrogens is 3. The molecule has 0 bridgehead atoms. The van der Waals surface area contributed by atoms with E-state index in [4.69, 9.17) is 0 Å². The molecule has 0 spiro atoms. The first kappa shape index (κ1) is 16.9. The average molecular weight is 333 g/mol. The van der Waals surface area contributed by atoms with Crippen LogP contribution in [0, 0.1) is 6.92 Å². The van der Waals surface area contributed by atoms with Crippen molar-refractivity contribution in [3.63, 3.8) is 0 Å². The lowest BCUT2D eigenvalue weighted by Crippen LogP contribution is -2.07. The standard InChI is InChI=1S/C20H23N5/c1-14(2)17-9-6-7-15(3)19(17)25-20-22-12-10-18(24-20)23-13-16-8-4-5-11-21-16/h4-12,14H,13H2,1-3H3,(H2,22,23,24,25). The summed E-state index contributed by atoms with van der Waals surface area (Å²) in [6, 6.07) is 14.0. The fourth-order valence-corrected chi connectivity index (χ4v) is 2.66. The van der Waals surface area contributed by atoms with E-state index >= 15 is 0 Å². The van der Waals surface area contributed by atoms with E-state index in [0.717, 1.165) is 17.2 Å². The normalized spacial score (nSPS) is 10.7. The summed E-state index contributed by atoms with van der Waals surface area (Å²) in [5.41, 5.74) is 4.49. The molecule has 0 fully saturated rings. The maximum absolute atomic E-state index is 4.56. The van der Waals surface area contributed by atoms with E-state index in [2.05, 4.69) is 64.6 Å². The van der Waals surface area contributed by atoms with Gasteiger partial charge in [0.05, 0.1) is 12.2 Å². The number of nitrogens with one attached hydrogen (secondary N) is 2. The van der Waals surface area contributed by atoms with Crippen molar-refractivity contribution in [3.8, 4) is 0 Å². The van der Waals surface area contributed by atoms with Crippen LogP contribution < -0.4 is 10.6 Å². The molecule has 3 aromatic rings. The van der Waals surface area contributed by atoms with Gasteiger partial charge in [-0.2, -0.15) is 4.98 Å². The van der Waals surface area contributed by atoms with Crippen LogP contribution in [0.5, 0.6) is 0 Å². The minimum atomic E-state index is 0.424. The topological polar surface area (TPSA) is 62.7 Å². The number of nitrogens with zero attached hydrogens (tertiary/aromatic N) is 3. The Morgan fingerprint density at radius 2 is 1.84 bits per heavy atom. The van der Waals surface area contributed by atoms with Gasteiger partial charge in [-0.3, -0.25) is 4.98 Å². The Morgan fingerprint density at radius 1 is 0.960 bits per heavy atom. The second-order valence-electron chi connectivity index (χ2n) is 6.26. The van der Waals surface area contributed by atoms with Crippen molar-refractivity contribution in [1.29, 1.82) is 0 Å². The SMILES string of the molecule is Cc1cccc(C(C)C)c1Nc1nccc(NCc2ccccn2)n1. The average Bonchev–Trinajstić information content (AvgIpc) is 2.63. The lowest BCUT2D eigenvalue weighted by atomic mass is 9.98. The lowest BCUT2D eigenvalue weighted by molar-refractivity contribution is 0.866. The maximum Gasteiger partial charge on any atom is 0.229 e. The first-order chi connectivity index (χ1) is 12.1. The number of para-hydroxylation sites is 1. The zero-order chi connectivity index (χ0) is 17.6. The minimum Gasteiger partial charge on any atom is -0.364 e. The molecule has 0 aliphatic rings. The molecule has 0 radical (unpaired) electrons. The Labute approximate surface area is 148 Å². The first-order valence-corrected chi connectivity index (χ1v) is 8.47. The van der Waals surface area contributed by atoms with Gasteiger partial charge in [0, 0.05) is 18.1 Å².